The van der Waals surface area contributed by atoms with Gasteiger partial charge in [0, 0.05) is 95.1 Å². The summed E-state index contributed by atoms with van der Waals surface area (Å²) in [6.07, 6.45) is 13.4. The molecule has 0 bridgehead atoms. The van der Waals surface area contributed by atoms with E-state index in [4.69, 9.17) is 8.83 Å². The van der Waals surface area contributed by atoms with Gasteiger partial charge < -0.3 is 8.83 Å². The zero-order chi connectivity index (χ0) is 81.2. The Hall–Kier alpha value is -6.85. The maximum absolute atomic E-state index is 5.50. The van der Waals surface area contributed by atoms with Gasteiger partial charge in [-0.3, -0.25) is 15.0 Å². The first-order valence-corrected chi connectivity index (χ1v) is 41.1. The van der Waals surface area contributed by atoms with E-state index in [9.17, 15) is 0 Å². The van der Waals surface area contributed by atoms with Crippen LogP contribution >= 0.6 is 22.7 Å². The Labute approximate surface area is 653 Å². The van der Waals surface area contributed by atoms with Gasteiger partial charge in [0.25, 0.3) is 0 Å². The molecule has 106 heavy (non-hydrogen) atoms. The van der Waals surface area contributed by atoms with E-state index in [1.165, 1.54) is 49.0 Å². The Morgan fingerprint density at radius 1 is 0.236 bits per heavy atom. The number of rotatable bonds is 18. The van der Waals surface area contributed by atoms with E-state index >= 15 is 0 Å². The van der Waals surface area contributed by atoms with Crippen LogP contribution in [0.1, 0.15) is 467 Å². The lowest BCUT2D eigenvalue weighted by Gasteiger charge is -2.17. The summed E-state index contributed by atoms with van der Waals surface area (Å²) in [6.45, 7) is 81.6. The highest BCUT2D eigenvalue weighted by atomic mass is 32.1. The van der Waals surface area contributed by atoms with Crippen molar-refractivity contribution in [2.75, 3.05) is 0 Å². The molecule has 8 aromatic heterocycles. The first-order chi connectivity index (χ1) is 49.3. The van der Waals surface area contributed by atoms with Crippen molar-refractivity contribution in [3.8, 4) is 0 Å². The van der Waals surface area contributed by atoms with Crippen LogP contribution in [0.4, 0.5) is 0 Å². The standard InChI is InChI=1S/C14H22.C11H17N.3C10H16N2.C9H15NO.C9H15NS.C8H14N2O.C8H14N2S/c1-9(2)13-7-8-14(10(3)4)12(6)11(13)5;1-8(2)10-5-6-11(9(3)4)12-7-10;1-7(2)9-5-12-10(6-11-9)8(3)4;1-7(2)9-5-11-10(8(3)4)12-6-9;1-7(2)9-5-6-10(8(3)4)12-11-9;2*1-6(2)8-5-10-9(11-8)7(3)4;2*1-5(2)7-9-10-8(11-7)6(3)4/h7-10H,1-6H3;5-9H,1-4H3;3*5-8H,1-4H3;2*5-7H,1-4H3;2*5-6H,1-4H3. The first-order valence-electron chi connectivity index (χ1n) is 39.4. The molecule has 17 heteroatoms. The van der Waals surface area contributed by atoms with Crippen molar-refractivity contribution in [1.29, 1.82) is 0 Å². The Balaban J connectivity index is 0.000000597. The lowest BCUT2D eigenvalue weighted by molar-refractivity contribution is 0.417. The largest absolute Gasteiger partial charge is 0.445 e. The molecule has 8 heterocycles. The molecular formula is C89H145N13O2S2. The molecule has 9 rings (SSSR count). The summed E-state index contributed by atoms with van der Waals surface area (Å²) in [5.41, 5.74) is 13.9. The summed E-state index contributed by atoms with van der Waals surface area (Å²) in [5.74, 6) is 13.1. The fourth-order valence-electron chi connectivity index (χ4n) is 9.17. The maximum Gasteiger partial charge on any atom is 0.219 e. The molecule has 0 aliphatic rings. The van der Waals surface area contributed by atoms with Crippen molar-refractivity contribution in [3.63, 3.8) is 0 Å². The molecule has 0 saturated heterocycles. The third-order valence-electron chi connectivity index (χ3n) is 16.9. The zero-order valence-electron chi connectivity index (χ0n) is 73.3. The minimum Gasteiger partial charge on any atom is -0.445 e. The van der Waals surface area contributed by atoms with E-state index in [2.05, 4.69) is 337 Å². The second kappa shape index (κ2) is 49.2. The van der Waals surface area contributed by atoms with Gasteiger partial charge in [-0.2, -0.15) is 10.2 Å². The predicted molar refractivity (Wildman–Crippen MR) is 453 cm³/mol. The van der Waals surface area contributed by atoms with Crippen LogP contribution in [0.5, 0.6) is 0 Å². The Morgan fingerprint density at radius 3 is 0.849 bits per heavy atom. The third kappa shape index (κ3) is 35.9. The summed E-state index contributed by atoms with van der Waals surface area (Å²) in [5, 5.41) is 27.9. The van der Waals surface area contributed by atoms with Crippen LogP contribution in [-0.2, 0) is 0 Å². The van der Waals surface area contributed by atoms with Crippen molar-refractivity contribution in [2.45, 2.75) is 370 Å². The molecule has 1 aromatic carbocycles. The highest BCUT2D eigenvalue weighted by Crippen LogP contribution is 2.30. The SMILES string of the molecule is CC(C)c1ccc(C(C)C)nc1.CC(C)c1ccc(C(C)C)nn1.CC(C)c1cnc(C(C)C)cn1.CC(C)c1cnc(C(C)C)nc1.CC(C)c1cnc(C(C)C)o1.CC(C)c1cnc(C(C)C)s1.CC(C)c1nnc(C(C)C)o1.CC(C)c1nnc(C(C)C)s1.Cc1c(C(C)C)ccc(C(C)C)c1C. The number of hydrogen-bond donors (Lipinski definition) is 0. The molecule has 0 spiro atoms. The molecule has 0 atom stereocenters. The van der Waals surface area contributed by atoms with E-state index in [-0.39, 0.29) is 0 Å². The molecule has 0 radical (unpaired) electrons. The normalized spacial score (nSPS) is 11.3. The van der Waals surface area contributed by atoms with Crippen LogP contribution in [0.2, 0.25) is 0 Å². The van der Waals surface area contributed by atoms with Crippen LogP contribution in [-0.4, -0.2) is 65.5 Å². The van der Waals surface area contributed by atoms with Gasteiger partial charge in [0.1, 0.15) is 21.6 Å². The van der Waals surface area contributed by atoms with E-state index in [0.717, 1.165) is 62.0 Å². The number of thiazole rings is 1. The van der Waals surface area contributed by atoms with Crippen molar-refractivity contribution >= 4 is 22.7 Å². The molecule has 0 unspecified atom stereocenters. The van der Waals surface area contributed by atoms with Crippen molar-refractivity contribution in [3.05, 3.63) is 191 Å². The van der Waals surface area contributed by atoms with Crippen molar-refractivity contribution in [2.24, 2.45) is 0 Å². The number of nitrogens with zero attached hydrogens (tertiary/aromatic N) is 13. The monoisotopic (exact) mass is 1490 g/mol. The van der Waals surface area contributed by atoms with E-state index in [0.29, 0.717) is 107 Å². The molecule has 0 N–H and O–H groups in total. The van der Waals surface area contributed by atoms with E-state index in [1.807, 2.05) is 82.4 Å². The Morgan fingerprint density at radius 2 is 0.613 bits per heavy atom. The fraction of sp³-hybridized carbons (Fsp3) is 0.629. The summed E-state index contributed by atoms with van der Waals surface area (Å²) in [6, 6.07) is 13.0. The quantitative estimate of drug-likeness (QED) is 0.0787. The van der Waals surface area contributed by atoms with Gasteiger partial charge in [-0.15, -0.1) is 43.1 Å². The summed E-state index contributed by atoms with van der Waals surface area (Å²) >= 11 is 3.56. The lowest BCUT2D eigenvalue weighted by atomic mass is 9.88. The van der Waals surface area contributed by atoms with Crippen molar-refractivity contribution in [1.82, 2.24) is 65.5 Å². The van der Waals surface area contributed by atoms with Crippen LogP contribution in [0, 0.1) is 13.8 Å². The zero-order valence-corrected chi connectivity index (χ0v) is 75.0. The van der Waals surface area contributed by atoms with Crippen LogP contribution in [0.25, 0.3) is 0 Å². The minimum atomic E-state index is 0.329. The number of pyridine rings is 1. The van der Waals surface area contributed by atoms with E-state index in [1.54, 1.807) is 11.3 Å². The highest BCUT2D eigenvalue weighted by molar-refractivity contribution is 7.11. The molecular weight excluding hydrogens is 1350 g/mol. The highest BCUT2D eigenvalue weighted by Gasteiger charge is 2.16. The Kier molecular flexibility index (Phi) is 45.1. The minimum absolute atomic E-state index is 0.329. The van der Waals surface area contributed by atoms with Gasteiger partial charge in [0.15, 0.2) is 5.89 Å². The second-order valence-electron chi connectivity index (χ2n) is 33.1. The Bertz CT molecular complexity index is 3080. The average molecular weight is 1490 g/mol. The van der Waals surface area contributed by atoms with Crippen molar-refractivity contribution < 1.29 is 8.83 Å². The first kappa shape index (κ1) is 97.2. The average Bonchev–Trinajstić information content (AvgIpc) is 1.11. The summed E-state index contributed by atoms with van der Waals surface area (Å²) in [4.78, 5) is 31.6. The second-order valence-corrected chi connectivity index (χ2v) is 35.2. The molecule has 0 aliphatic carbocycles. The van der Waals surface area contributed by atoms with Crippen LogP contribution in [0.15, 0.2) is 88.6 Å². The third-order valence-corrected chi connectivity index (χ3v) is 20.0. The molecule has 590 valence electrons. The van der Waals surface area contributed by atoms with Gasteiger partial charge in [0.05, 0.1) is 34.0 Å². The molecule has 15 nitrogen and oxygen atoms in total. The van der Waals surface area contributed by atoms with Gasteiger partial charge >= 0.3 is 0 Å². The fourth-order valence-corrected chi connectivity index (χ4v) is 10.9. The summed E-state index contributed by atoms with van der Waals surface area (Å²) < 4.78 is 10.9. The molecule has 0 aliphatic heterocycles. The van der Waals surface area contributed by atoms with Gasteiger partial charge in [0.2, 0.25) is 11.8 Å². The van der Waals surface area contributed by atoms with Crippen LogP contribution in [0.3, 0.4) is 0 Å². The maximum atomic E-state index is 5.50. The molecule has 0 fully saturated rings. The summed E-state index contributed by atoms with van der Waals surface area (Å²) in [7, 11) is 0. The number of oxazole rings is 1. The predicted octanol–water partition coefficient (Wildman–Crippen LogP) is 27.5. The van der Waals surface area contributed by atoms with Gasteiger partial charge in [-0.1, -0.05) is 267 Å². The number of hydrogen-bond acceptors (Lipinski definition) is 17. The smallest absolute Gasteiger partial charge is 0.219 e. The molecule has 0 saturated carbocycles. The molecule has 9 aromatic rings. The number of aromatic nitrogens is 13. The topological polar surface area (TPSA) is 194 Å². The van der Waals surface area contributed by atoms with E-state index < -0.39 is 0 Å². The number of benzene rings is 1. The van der Waals surface area contributed by atoms with Gasteiger partial charge in [-0.05, 0) is 125 Å². The lowest BCUT2D eigenvalue weighted by Crippen LogP contribution is -2.00. The van der Waals surface area contributed by atoms with Crippen LogP contribution < -0.4 is 0 Å². The van der Waals surface area contributed by atoms with Gasteiger partial charge in [-0.25, -0.2) is 19.9 Å². The molecule has 0 amide bonds.